The second kappa shape index (κ2) is 8.53. The molecule has 0 spiro atoms. The SMILES string of the molecule is CCN(CC)S(=O)(=O)c1ccc(F)c(C(=O)Nc2ccc3oc(C(C)C)nc3c2)c1. The average molecular weight is 434 g/mol. The highest BCUT2D eigenvalue weighted by Crippen LogP contribution is 2.25. The number of sulfonamides is 1. The summed E-state index contributed by atoms with van der Waals surface area (Å²) in [6, 6.07) is 8.11. The van der Waals surface area contributed by atoms with Crippen molar-refractivity contribution in [3.8, 4) is 0 Å². The van der Waals surface area contributed by atoms with Crippen LogP contribution in [0.15, 0.2) is 45.7 Å². The summed E-state index contributed by atoms with van der Waals surface area (Å²) in [4.78, 5) is 16.9. The summed E-state index contributed by atoms with van der Waals surface area (Å²) in [5.41, 5.74) is 1.18. The van der Waals surface area contributed by atoms with E-state index in [4.69, 9.17) is 4.42 Å². The molecule has 30 heavy (non-hydrogen) atoms. The largest absolute Gasteiger partial charge is 0.440 e. The fraction of sp³-hybridized carbons (Fsp3) is 0.333. The molecule has 0 aliphatic carbocycles. The Hall–Kier alpha value is -2.78. The quantitative estimate of drug-likeness (QED) is 0.597. The molecule has 0 bridgehead atoms. The van der Waals surface area contributed by atoms with Crippen LogP contribution in [-0.2, 0) is 10.0 Å². The number of benzene rings is 2. The molecule has 7 nitrogen and oxygen atoms in total. The van der Waals surface area contributed by atoms with E-state index in [9.17, 15) is 17.6 Å². The van der Waals surface area contributed by atoms with Gasteiger partial charge in [-0.2, -0.15) is 4.31 Å². The maximum atomic E-state index is 14.3. The Labute approximate surface area is 175 Å². The van der Waals surface area contributed by atoms with Crippen LogP contribution in [0.5, 0.6) is 0 Å². The highest BCUT2D eigenvalue weighted by atomic mass is 32.2. The van der Waals surface area contributed by atoms with Crippen LogP contribution in [0.1, 0.15) is 49.9 Å². The zero-order chi connectivity index (χ0) is 22.1. The molecule has 2 aromatic carbocycles. The molecule has 0 saturated carbocycles. The molecule has 1 heterocycles. The van der Waals surface area contributed by atoms with E-state index in [1.54, 1.807) is 32.0 Å². The van der Waals surface area contributed by atoms with Crippen molar-refractivity contribution in [1.29, 1.82) is 0 Å². The average Bonchev–Trinajstić information content (AvgIpc) is 3.12. The van der Waals surface area contributed by atoms with Crippen molar-refractivity contribution < 1.29 is 22.0 Å². The lowest BCUT2D eigenvalue weighted by Gasteiger charge is -2.19. The molecule has 1 N–H and O–H groups in total. The van der Waals surface area contributed by atoms with E-state index in [2.05, 4.69) is 10.3 Å². The molecular formula is C21H24FN3O4S. The van der Waals surface area contributed by atoms with Gasteiger partial charge in [0.05, 0.1) is 10.5 Å². The molecule has 1 amide bonds. The van der Waals surface area contributed by atoms with E-state index >= 15 is 0 Å². The van der Waals surface area contributed by atoms with Gasteiger partial charge in [-0.15, -0.1) is 0 Å². The van der Waals surface area contributed by atoms with Crippen LogP contribution in [0.25, 0.3) is 11.1 Å². The van der Waals surface area contributed by atoms with Gasteiger partial charge in [0.1, 0.15) is 11.3 Å². The summed E-state index contributed by atoms with van der Waals surface area (Å²) in [6.45, 7) is 7.87. The number of aromatic nitrogens is 1. The highest BCUT2D eigenvalue weighted by Gasteiger charge is 2.24. The van der Waals surface area contributed by atoms with Gasteiger partial charge < -0.3 is 9.73 Å². The fourth-order valence-electron chi connectivity index (χ4n) is 3.02. The number of rotatable bonds is 7. The normalized spacial score (nSPS) is 12.1. The topological polar surface area (TPSA) is 92.5 Å². The minimum Gasteiger partial charge on any atom is -0.440 e. The molecule has 0 aliphatic heterocycles. The van der Waals surface area contributed by atoms with Crippen LogP contribution in [0.4, 0.5) is 10.1 Å². The first-order chi connectivity index (χ1) is 14.2. The Bertz CT molecular complexity index is 1180. The predicted octanol–water partition coefficient (Wildman–Crippen LogP) is 4.37. The van der Waals surface area contributed by atoms with E-state index in [0.717, 1.165) is 18.2 Å². The Balaban J connectivity index is 1.91. The van der Waals surface area contributed by atoms with Crippen LogP contribution in [0.3, 0.4) is 0 Å². The summed E-state index contributed by atoms with van der Waals surface area (Å²) >= 11 is 0. The monoisotopic (exact) mass is 433 g/mol. The maximum absolute atomic E-state index is 14.3. The Kier molecular flexibility index (Phi) is 6.23. The van der Waals surface area contributed by atoms with Crippen molar-refractivity contribution in [2.24, 2.45) is 0 Å². The number of hydrogen-bond acceptors (Lipinski definition) is 5. The first kappa shape index (κ1) is 21.9. The zero-order valence-electron chi connectivity index (χ0n) is 17.3. The summed E-state index contributed by atoms with van der Waals surface area (Å²) in [5.74, 6) is -0.875. The van der Waals surface area contributed by atoms with E-state index in [1.165, 1.54) is 4.31 Å². The predicted molar refractivity (Wildman–Crippen MR) is 113 cm³/mol. The lowest BCUT2D eigenvalue weighted by atomic mass is 10.2. The number of hydrogen-bond donors (Lipinski definition) is 1. The number of amides is 1. The van der Waals surface area contributed by atoms with Gasteiger partial charge in [0.2, 0.25) is 10.0 Å². The van der Waals surface area contributed by atoms with E-state index in [1.807, 2.05) is 13.8 Å². The van der Waals surface area contributed by atoms with Gasteiger partial charge in [0.15, 0.2) is 11.5 Å². The number of nitrogens with zero attached hydrogens (tertiary/aromatic N) is 2. The first-order valence-corrected chi connectivity index (χ1v) is 11.1. The smallest absolute Gasteiger partial charge is 0.258 e. The van der Waals surface area contributed by atoms with Gasteiger partial charge in [0.25, 0.3) is 5.91 Å². The van der Waals surface area contributed by atoms with Crippen LogP contribution in [-0.4, -0.2) is 36.7 Å². The second-order valence-corrected chi connectivity index (χ2v) is 9.01. The highest BCUT2D eigenvalue weighted by molar-refractivity contribution is 7.89. The minimum absolute atomic E-state index is 0.111. The van der Waals surface area contributed by atoms with Gasteiger partial charge in [-0.05, 0) is 36.4 Å². The van der Waals surface area contributed by atoms with Crippen molar-refractivity contribution in [1.82, 2.24) is 9.29 Å². The third-order valence-corrected chi connectivity index (χ3v) is 6.73. The minimum atomic E-state index is -3.82. The summed E-state index contributed by atoms with van der Waals surface area (Å²) in [5, 5.41) is 2.60. The third kappa shape index (κ3) is 4.22. The Morgan fingerprint density at radius 1 is 1.17 bits per heavy atom. The van der Waals surface area contributed by atoms with Crippen molar-refractivity contribution in [3.63, 3.8) is 0 Å². The lowest BCUT2D eigenvalue weighted by Crippen LogP contribution is -2.31. The molecule has 0 radical (unpaired) electrons. The van der Waals surface area contributed by atoms with Gasteiger partial charge >= 0.3 is 0 Å². The second-order valence-electron chi connectivity index (χ2n) is 7.07. The molecule has 0 unspecified atom stereocenters. The van der Waals surface area contributed by atoms with E-state index < -0.39 is 21.7 Å². The van der Waals surface area contributed by atoms with E-state index in [0.29, 0.717) is 22.7 Å². The van der Waals surface area contributed by atoms with E-state index in [-0.39, 0.29) is 29.5 Å². The number of carbonyl (C=O) groups is 1. The zero-order valence-corrected chi connectivity index (χ0v) is 18.1. The van der Waals surface area contributed by atoms with Gasteiger partial charge in [0, 0.05) is 24.7 Å². The Morgan fingerprint density at radius 3 is 2.50 bits per heavy atom. The van der Waals surface area contributed by atoms with Crippen molar-refractivity contribution in [2.45, 2.75) is 38.5 Å². The molecule has 1 aromatic heterocycles. The molecule has 3 rings (SSSR count). The van der Waals surface area contributed by atoms with Crippen molar-refractivity contribution in [3.05, 3.63) is 53.7 Å². The molecule has 0 saturated heterocycles. The van der Waals surface area contributed by atoms with Gasteiger partial charge in [-0.3, -0.25) is 4.79 Å². The van der Waals surface area contributed by atoms with Crippen LogP contribution < -0.4 is 5.32 Å². The molecule has 0 aliphatic rings. The summed E-state index contributed by atoms with van der Waals surface area (Å²) < 4.78 is 46.6. The lowest BCUT2D eigenvalue weighted by molar-refractivity contribution is 0.102. The number of fused-ring (bicyclic) bond motifs is 1. The molecule has 160 valence electrons. The Morgan fingerprint density at radius 2 is 1.87 bits per heavy atom. The molecular weight excluding hydrogens is 409 g/mol. The summed E-state index contributed by atoms with van der Waals surface area (Å²) in [7, 11) is -3.82. The van der Waals surface area contributed by atoms with Crippen molar-refractivity contribution in [2.75, 3.05) is 18.4 Å². The van der Waals surface area contributed by atoms with Crippen LogP contribution >= 0.6 is 0 Å². The molecule has 0 atom stereocenters. The number of oxazole rings is 1. The molecule has 9 heteroatoms. The van der Waals surface area contributed by atoms with Gasteiger partial charge in [-0.1, -0.05) is 27.7 Å². The number of carbonyl (C=O) groups excluding carboxylic acids is 1. The fourth-order valence-corrected chi connectivity index (χ4v) is 4.50. The number of anilines is 1. The molecule has 3 aromatic rings. The van der Waals surface area contributed by atoms with Crippen LogP contribution in [0, 0.1) is 5.82 Å². The third-order valence-electron chi connectivity index (χ3n) is 4.68. The summed E-state index contributed by atoms with van der Waals surface area (Å²) in [6.07, 6.45) is 0. The molecule has 0 fully saturated rings. The maximum Gasteiger partial charge on any atom is 0.258 e. The first-order valence-electron chi connectivity index (χ1n) is 9.68. The van der Waals surface area contributed by atoms with Crippen molar-refractivity contribution >= 4 is 32.7 Å². The van der Waals surface area contributed by atoms with Gasteiger partial charge in [-0.25, -0.2) is 17.8 Å². The standard InChI is InChI=1S/C21H24FN3O4S/c1-5-25(6-2)30(27,28)15-8-9-17(22)16(12-15)20(26)23-14-7-10-19-18(11-14)24-21(29-19)13(3)4/h7-13H,5-6H2,1-4H3,(H,23,26). The van der Waals surface area contributed by atoms with Crippen LogP contribution in [0.2, 0.25) is 0 Å². The number of halogens is 1. The number of nitrogens with one attached hydrogen (secondary N) is 1.